The van der Waals surface area contributed by atoms with Gasteiger partial charge < -0.3 is 10.2 Å². The molecule has 2 heterocycles. The van der Waals surface area contributed by atoms with Gasteiger partial charge >= 0.3 is 0 Å². The van der Waals surface area contributed by atoms with Crippen molar-refractivity contribution < 1.29 is 4.79 Å². The third-order valence-electron chi connectivity index (χ3n) is 4.44. The van der Waals surface area contributed by atoms with E-state index in [1.807, 2.05) is 18.2 Å². The minimum Gasteiger partial charge on any atom is -0.339 e. The number of Topliss-reactive ketones (excluding diaryl/α,β-unsaturated/α-hetero) is 1. The molecule has 0 amide bonds. The highest BCUT2D eigenvalue weighted by Crippen LogP contribution is 2.24. The van der Waals surface area contributed by atoms with Gasteiger partial charge in [-0.3, -0.25) is 4.79 Å². The molecular weight excluding hydrogens is 302 g/mol. The summed E-state index contributed by atoms with van der Waals surface area (Å²) in [6, 6.07) is 7.87. The molecule has 0 saturated carbocycles. The van der Waals surface area contributed by atoms with Crippen molar-refractivity contribution in [2.24, 2.45) is 0 Å². The third-order valence-corrected chi connectivity index (χ3v) is 4.44. The van der Waals surface area contributed by atoms with Gasteiger partial charge in [0.05, 0.1) is 6.20 Å². The summed E-state index contributed by atoms with van der Waals surface area (Å²) >= 11 is 0. The summed E-state index contributed by atoms with van der Waals surface area (Å²) in [7, 11) is 0. The van der Waals surface area contributed by atoms with Crippen molar-refractivity contribution in [2.75, 3.05) is 16.8 Å². The first kappa shape index (κ1) is 16.4. The van der Waals surface area contributed by atoms with Gasteiger partial charge in [-0.25, -0.2) is 0 Å². The molecule has 1 atom stereocenters. The van der Waals surface area contributed by atoms with Crippen molar-refractivity contribution >= 4 is 23.2 Å². The standard InChI is InChI=1S/C18H23N5O/c1-3-16-9-4-5-10-23(16)18-21-17(12-19-22-18)20-15-8-6-7-14(11-15)13(2)24/h6-8,11-12,16H,3-5,9-10H2,1-2H3,(H,20,21,22). The molecule has 1 aliphatic heterocycles. The van der Waals surface area contributed by atoms with E-state index >= 15 is 0 Å². The summed E-state index contributed by atoms with van der Waals surface area (Å²) in [5, 5.41) is 11.5. The summed E-state index contributed by atoms with van der Waals surface area (Å²) in [4.78, 5) is 18.4. The monoisotopic (exact) mass is 325 g/mol. The van der Waals surface area contributed by atoms with Crippen LogP contribution in [0.5, 0.6) is 0 Å². The summed E-state index contributed by atoms with van der Waals surface area (Å²) in [6.07, 6.45) is 6.30. The molecule has 6 heteroatoms. The van der Waals surface area contributed by atoms with E-state index in [1.54, 1.807) is 19.2 Å². The number of nitrogens with one attached hydrogen (secondary N) is 1. The number of hydrogen-bond donors (Lipinski definition) is 1. The van der Waals surface area contributed by atoms with E-state index in [4.69, 9.17) is 0 Å². The van der Waals surface area contributed by atoms with Crippen LogP contribution < -0.4 is 10.2 Å². The van der Waals surface area contributed by atoms with Gasteiger partial charge in [0.25, 0.3) is 0 Å². The van der Waals surface area contributed by atoms with Crippen LogP contribution in [0.25, 0.3) is 0 Å². The van der Waals surface area contributed by atoms with Gasteiger partial charge in [-0.15, -0.1) is 5.10 Å². The fourth-order valence-electron chi connectivity index (χ4n) is 3.13. The Morgan fingerprint density at radius 1 is 1.38 bits per heavy atom. The van der Waals surface area contributed by atoms with Gasteiger partial charge in [-0.05, 0) is 44.7 Å². The van der Waals surface area contributed by atoms with E-state index in [1.165, 1.54) is 12.8 Å². The molecule has 0 aliphatic carbocycles. The lowest BCUT2D eigenvalue weighted by atomic mass is 10.0. The highest BCUT2D eigenvalue weighted by atomic mass is 16.1. The zero-order valence-corrected chi connectivity index (χ0v) is 14.2. The Morgan fingerprint density at radius 3 is 3.04 bits per heavy atom. The predicted octanol–water partition coefficient (Wildman–Crippen LogP) is 3.59. The number of aromatic nitrogens is 3. The van der Waals surface area contributed by atoms with E-state index in [2.05, 4.69) is 32.3 Å². The maximum atomic E-state index is 11.5. The SMILES string of the molecule is CCC1CCCCN1c1nncc(Nc2cccc(C(C)=O)c2)n1. The second-order valence-corrected chi connectivity index (χ2v) is 6.15. The lowest BCUT2D eigenvalue weighted by molar-refractivity contribution is 0.101. The molecular formula is C18H23N5O. The molecule has 1 N–H and O–H groups in total. The van der Waals surface area contributed by atoms with E-state index < -0.39 is 0 Å². The van der Waals surface area contributed by atoms with Crippen LogP contribution >= 0.6 is 0 Å². The fraction of sp³-hybridized carbons (Fsp3) is 0.444. The first-order chi connectivity index (χ1) is 11.7. The molecule has 1 unspecified atom stereocenters. The van der Waals surface area contributed by atoms with Crippen molar-refractivity contribution in [3.63, 3.8) is 0 Å². The topological polar surface area (TPSA) is 71.0 Å². The number of piperidine rings is 1. The molecule has 1 aliphatic rings. The molecule has 24 heavy (non-hydrogen) atoms. The summed E-state index contributed by atoms with van der Waals surface area (Å²) in [6.45, 7) is 4.74. The lowest BCUT2D eigenvalue weighted by Crippen LogP contribution is -2.40. The van der Waals surface area contributed by atoms with Crippen molar-refractivity contribution in [3.05, 3.63) is 36.0 Å². The van der Waals surface area contributed by atoms with Gasteiger partial charge in [-0.1, -0.05) is 19.1 Å². The van der Waals surface area contributed by atoms with Crippen LogP contribution in [0.2, 0.25) is 0 Å². The Kier molecular flexibility index (Phi) is 5.03. The molecule has 6 nitrogen and oxygen atoms in total. The highest BCUT2D eigenvalue weighted by Gasteiger charge is 2.23. The van der Waals surface area contributed by atoms with Gasteiger partial charge in [0.2, 0.25) is 5.95 Å². The second-order valence-electron chi connectivity index (χ2n) is 6.15. The van der Waals surface area contributed by atoms with E-state index in [9.17, 15) is 4.79 Å². The minimum absolute atomic E-state index is 0.0410. The molecule has 1 fully saturated rings. The molecule has 0 bridgehead atoms. The molecule has 2 aromatic rings. The lowest BCUT2D eigenvalue weighted by Gasteiger charge is -2.34. The van der Waals surface area contributed by atoms with E-state index in [-0.39, 0.29) is 5.78 Å². The zero-order chi connectivity index (χ0) is 16.9. The number of carbonyl (C=O) groups is 1. The van der Waals surface area contributed by atoms with Gasteiger partial charge in [0, 0.05) is 23.8 Å². The Labute approximate surface area is 142 Å². The Morgan fingerprint density at radius 2 is 2.25 bits per heavy atom. The molecule has 3 rings (SSSR count). The number of anilines is 3. The molecule has 0 spiro atoms. The normalized spacial score (nSPS) is 17.6. The van der Waals surface area contributed by atoms with Crippen LogP contribution in [-0.4, -0.2) is 33.6 Å². The van der Waals surface area contributed by atoms with Crippen molar-refractivity contribution in [2.45, 2.75) is 45.6 Å². The first-order valence-corrected chi connectivity index (χ1v) is 8.51. The summed E-state index contributed by atoms with van der Waals surface area (Å²) in [5.41, 5.74) is 1.49. The van der Waals surface area contributed by atoms with E-state index in [0.717, 1.165) is 25.1 Å². The quantitative estimate of drug-likeness (QED) is 0.847. The Hall–Kier alpha value is -2.50. The fourth-order valence-corrected chi connectivity index (χ4v) is 3.13. The molecule has 126 valence electrons. The number of ketones is 1. The zero-order valence-electron chi connectivity index (χ0n) is 14.2. The van der Waals surface area contributed by atoms with Gasteiger partial charge in [-0.2, -0.15) is 10.1 Å². The summed E-state index contributed by atoms with van der Waals surface area (Å²) in [5.74, 6) is 1.36. The van der Waals surface area contributed by atoms with Gasteiger partial charge in [0.15, 0.2) is 11.6 Å². The number of benzene rings is 1. The second kappa shape index (κ2) is 7.38. The largest absolute Gasteiger partial charge is 0.339 e. The Bertz CT molecular complexity index is 718. The number of hydrogen-bond acceptors (Lipinski definition) is 6. The number of carbonyl (C=O) groups excluding carboxylic acids is 1. The Balaban J connectivity index is 1.80. The van der Waals surface area contributed by atoms with Crippen molar-refractivity contribution in [1.82, 2.24) is 15.2 Å². The third kappa shape index (κ3) is 3.69. The average Bonchev–Trinajstić information content (AvgIpc) is 2.62. The van der Waals surface area contributed by atoms with Crippen molar-refractivity contribution in [1.29, 1.82) is 0 Å². The number of nitrogens with zero attached hydrogens (tertiary/aromatic N) is 4. The maximum Gasteiger partial charge on any atom is 0.247 e. The van der Waals surface area contributed by atoms with Crippen LogP contribution in [0.15, 0.2) is 30.5 Å². The smallest absolute Gasteiger partial charge is 0.247 e. The maximum absolute atomic E-state index is 11.5. The molecule has 1 saturated heterocycles. The molecule has 1 aromatic carbocycles. The minimum atomic E-state index is 0.0410. The highest BCUT2D eigenvalue weighted by molar-refractivity contribution is 5.95. The van der Waals surface area contributed by atoms with Crippen LogP contribution in [-0.2, 0) is 0 Å². The van der Waals surface area contributed by atoms with Crippen LogP contribution in [0.4, 0.5) is 17.5 Å². The van der Waals surface area contributed by atoms with Gasteiger partial charge in [0.1, 0.15) is 0 Å². The summed E-state index contributed by atoms with van der Waals surface area (Å²) < 4.78 is 0. The first-order valence-electron chi connectivity index (χ1n) is 8.51. The van der Waals surface area contributed by atoms with Crippen LogP contribution in [0.1, 0.15) is 49.9 Å². The van der Waals surface area contributed by atoms with E-state index in [0.29, 0.717) is 23.4 Å². The average molecular weight is 325 g/mol. The van der Waals surface area contributed by atoms with Crippen molar-refractivity contribution in [3.8, 4) is 0 Å². The van der Waals surface area contributed by atoms with Crippen LogP contribution in [0, 0.1) is 0 Å². The molecule has 0 radical (unpaired) electrons. The molecule has 1 aromatic heterocycles. The van der Waals surface area contributed by atoms with Crippen LogP contribution in [0.3, 0.4) is 0 Å². The predicted molar refractivity (Wildman–Crippen MR) is 94.8 cm³/mol. The number of rotatable bonds is 5.